The number of halogens is 3. The van der Waals surface area contributed by atoms with Crippen molar-refractivity contribution in [3.63, 3.8) is 0 Å². The summed E-state index contributed by atoms with van der Waals surface area (Å²) >= 11 is 0. The van der Waals surface area contributed by atoms with Gasteiger partial charge in [-0.3, -0.25) is 0 Å². The zero-order chi connectivity index (χ0) is 23.5. The van der Waals surface area contributed by atoms with Crippen molar-refractivity contribution in [3.8, 4) is 0 Å². The van der Waals surface area contributed by atoms with Crippen LogP contribution >= 0.6 is 0 Å². The van der Waals surface area contributed by atoms with Crippen LogP contribution < -0.4 is 0 Å². The van der Waals surface area contributed by atoms with Gasteiger partial charge in [-0.15, -0.1) is 0 Å². The average Bonchev–Trinajstić information content (AvgIpc) is 3.09. The predicted molar refractivity (Wildman–Crippen MR) is 121 cm³/mol. The Kier molecular flexibility index (Phi) is 6.54. The van der Waals surface area contributed by atoms with E-state index in [0.29, 0.717) is 29.6 Å². The van der Waals surface area contributed by atoms with Crippen LogP contribution in [0.2, 0.25) is 0 Å². The maximum atomic E-state index is 12.8. The average molecular weight is 459 g/mol. The molecule has 0 bridgehead atoms. The maximum absolute atomic E-state index is 12.8. The molecular weight excluding hydrogens is 413 g/mol. The molecule has 0 aliphatic heterocycles. The first-order valence-corrected chi connectivity index (χ1v) is 13.3. The first-order chi connectivity index (χ1) is 14.8. The molecule has 0 saturated heterocycles. The molecule has 0 aromatic heterocycles. The highest BCUT2D eigenvalue weighted by molar-refractivity contribution is 5.10. The molecule has 0 aromatic carbocycles. The van der Waals surface area contributed by atoms with Gasteiger partial charge < -0.3 is 10.2 Å². The van der Waals surface area contributed by atoms with Gasteiger partial charge in [0.15, 0.2) is 0 Å². The van der Waals surface area contributed by atoms with Gasteiger partial charge in [-0.1, -0.05) is 27.7 Å². The summed E-state index contributed by atoms with van der Waals surface area (Å²) in [5.74, 6) is 3.48. The second-order valence-electron chi connectivity index (χ2n) is 12.8. The van der Waals surface area contributed by atoms with Gasteiger partial charge in [-0.05, 0) is 123 Å². The molecule has 0 heterocycles. The van der Waals surface area contributed by atoms with Gasteiger partial charge in [0, 0.05) is 0 Å². The van der Waals surface area contributed by atoms with Gasteiger partial charge in [-0.2, -0.15) is 13.2 Å². The van der Waals surface area contributed by atoms with Gasteiger partial charge >= 0.3 is 6.18 Å². The largest absolute Gasteiger partial charge is 0.414 e. The Labute approximate surface area is 192 Å². The Morgan fingerprint density at radius 2 is 1.59 bits per heavy atom. The zero-order valence-corrected chi connectivity index (χ0v) is 20.6. The number of rotatable bonds is 5. The molecule has 4 aliphatic carbocycles. The van der Waals surface area contributed by atoms with Crippen LogP contribution in [0.4, 0.5) is 13.2 Å². The van der Waals surface area contributed by atoms with E-state index in [1.165, 1.54) is 32.1 Å². The molecule has 186 valence electrons. The van der Waals surface area contributed by atoms with Crippen molar-refractivity contribution in [2.24, 2.45) is 46.3 Å². The molecule has 1 unspecified atom stereocenters. The van der Waals surface area contributed by atoms with E-state index in [2.05, 4.69) is 27.7 Å². The number of aliphatic hydroxyl groups is 2. The third kappa shape index (κ3) is 4.06. The molecule has 4 aliphatic rings. The molecule has 2 N–H and O–H groups in total. The van der Waals surface area contributed by atoms with Gasteiger partial charge in [-0.25, -0.2) is 0 Å². The third-order valence-electron chi connectivity index (χ3n) is 11.5. The SMILES string of the molecule is CC[C@]1(O)CC[C@@]2(C)[C@@H](CC[C@@H]3[C@@H]2CC[C@]2(C)C([C@H](C)CC[C@H](O)C(F)(F)F)CC[C@@H]32)C1. The topological polar surface area (TPSA) is 40.5 Å². The molecule has 0 amide bonds. The first kappa shape index (κ1) is 24.8. The summed E-state index contributed by atoms with van der Waals surface area (Å²) in [6.07, 6.45) is 4.76. The Balaban J connectivity index is 1.45. The van der Waals surface area contributed by atoms with Crippen molar-refractivity contribution >= 4 is 0 Å². The second kappa shape index (κ2) is 8.43. The highest BCUT2D eigenvalue weighted by Crippen LogP contribution is 2.69. The minimum Gasteiger partial charge on any atom is -0.390 e. The summed E-state index contributed by atoms with van der Waals surface area (Å²) < 4.78 is 38.3. The van der Waals surface area contributed by atoms with Crippen molar-refractivity contribution in [2.45, 2.75) is 123 Å². The molecule has 10 atom stereocenters. The Morgan fingerprint density at radius 1 is 0.906 bits per heavy atom. The number of hydrogen-bond acceptors (Lipinski definition) is 2. The normalized spacial score (nSPS) is 48.5. The molecular formula is C27H45F3O2. The number of aliphatic hydroxyl groups excluding tert-OH is 1. The molecule has 4 saturated carbocycles. The lowest BCUT2D eigenvalue weighted by molar-refractivity contribution is -0.206. The van der Waals surface area contributed by atoms with Gasteiger partial charge in [0.05, 0.1) is 5.60 Å². The monoisotopic (exact) mass is 458 g/mol. The van der Waals surface area contributed by atoms with E-state index in [9.17, 15) is 23.4 Å². The zero-order valence-electron chi connectivity index (χ0n) is 20.6. The summed E-state index contributed by atoms with van der Waals surface area (Å²) in [5.41, 5.74) is 0.104. The lowest BCUT2D eigenvalue weighted by Gasteiger charge is -2.62. The highest BCUT2D eigenvalue weighted by Gasteiger charge is 2.61. The Morgan fingerprint density at radius 3 is 2.25 bits per heavy atom. The minimum absolute atomic E-state index is 0.173. The summed E-state index contributed by atoms with van der Waals surface area (Å²) in [6, 6.07) is 0. The van der Waals surface area contributed by atoms with Crippen molar-refractivity contribution in [1.82, 2.24) is 0 Å². The van der Waals surface area contributed by atoms with Crippen LogP contribution in [0.1, 0.15) is 105 Å². The van der Waals surface area contributed by atoms with E-state index in [-0.39, 0.29) is 17.8 Å². The highest BCUT2D eigenvalue weighted by atomic mass is 19.4. The predicted octanol–water partition coefficient (Wildman–Crippen LogP) is 7.13. The van der Waals surface area contributed by atoms with Crippen molar-refractivity contribution < 1.29 is 23.4 Å². The third-order valence-corrected chi connectivity index (χ3v) is 11.5. The quantitative estimate of drug-likeness (QED) is 0.460. The van der Waals surface area contributed by atoms with E-state index >= 15 is 0 Å². The molecule has 0 radical (unpaired) electrons. The first-order valence-electron chi connectivity index (χ1n) is 13.3. The molecule has 32 heavy (non-hydrogen) atoms. The molecule has 2 nitrogen and oxygen atoms in total. The fourth-order valence-electron chi connectivity index (χ4n) is 9.40. The summed E-state index contributed by atoms with van der Waals surface area (Å²) in [5, 5.41) is 20.4. The van der Waals surface area contributed by atoms with E-state index in [1.807, 2.05) is 0 Å². The number of hydrogen-bond donors (Lipinski definition) is 2. The summed E-state index contributed by atoms with van der Waals surface area (Å²) in [4.78, 5) is 0. The lowest BCUT2D eigenvalue weighted by atomic mass is 9.43. The molecule has 0 aromatic rings. The van der Waals surface area contributed by atoms with E-state index < -0.39 is 17.9 Å². The molecule has 4 rings (SSSR count). The Bertz CT molecular complexity index is 680. The van der Waals surface area contributed by atoms with Crippen molar-refractivity contribution in [2.75, 3.05) is 0 Å². The minimum atomic E-state index is -4.50. The van der Waals surface area contributed by atoms with E-state index in [1.54, 1.807) is 0 Å². The van der Waals surface area contributed by atoms with Crippen LogP contribution in [0, 0.1) is 46.3 Å². The summed E-state index contributed by atoms with van der Waals surface area (Å²) in [6.45, 7) is 9.19. The number of alkyl halides is 3. The molecule has 5 heteroatoms. The van der Waals surface area contributed by atoms with Crippen LogP contribution in [0.15, 0.2) is 0 Å². The molecule has 0 spiro atoms. The lowest BCUT2D eigenvalue weighted by Crippen LogP contribution is -2.56. The van der Waals surface area contributed by atoms with Crippen LogP contribution in [0.3, 0.4) is 0 Å². The second-order valence-corrected chi connectivity index (χ2v) is 12.8. The van der Waals surface area contributed by atoms with Gasteiger partial charge in [0.25, 0.3) is 0 Å². The van der Waals surface area contributed by atoms with Gasteiger partial charge in [0.1, 0.15) is 6.10 Å². The Hall–Kier alpha value is -0.290. The standard InChI is InChI=1S/C27H45F3O2/c1-5-26(32)15-14-24(3)18(16-26)7-8-19-21-10-9-20(25(21,4)13-12-22(19)24)17(2)6-11-23(31)27(28,29)30/h17-23,31-32H,5-16H2,1-4H3/t17-,18+,19+,20?,21+,22+,23+,24+,25-,26+/m1/s1. The van der Waals surface area contributed by atoms with Crippen LogP contribution in [-0.2, 0) is 0 Å². The van der Waals surface area contributed by atoms with Crippen LogP contribution in [-0.4, -0.2) is 28.1 Å². The number of fused-ring (bicyclic) bond motifs is 5. The van der Waals surface area contributed by atoms with Gasteiger partial charge in [0.2, 0.25) is 0 Å². The van der Waals surface area contributed by atoms with Crippen molar-refractivity contribution in [1.29, 1.82) is 0 Å². The smallest absolute Gasteiger partial charge is 0.390 e. The summed E-state index contributed by atoms with van der Waals surface area (Å²) in [7, 11) is 0. The fraction of sp³-hybridized carbons (Fsp3) is 1.00. The maximum Gasteiger partial charge on any atom is 0.414 e. The van der Waals surface area contributed by atoms with Crippen molar-refractivity contribution in [3.05, 3.63) is 0 Å². The molecule has 4 fully saturated rings. The van der Waals surface area contributed by atoms with E-state index in [0.717, 1.165) is 43.9 Å². The van der Waals surface area contributed by atoms with Crippen LogP contribution in [0.5, 0.6) is 0 Å². The van der Waals surface area contributed by atoms with E-state index in [4.69, 9.17) is 0 Å². The van der Waals surface area contributed by atoms with Crippen LogP contribution in [0.25, 0.3) is 0 Å². The fourth-order valence-corrected chi connectivity index (χ4v) is 9.40.